The highest BCUT2D eigenvalue weighted by Gasteiger charge is 2.25. The first kappa shape index (κ1) is 34.9. The maximum Gasteiger partial charge on any atom is 0.306 e. The molecule has 1 unspecified atom stereocenters. The normalized spacial score (nSPS) is 12.3. The van der Waals surface area contributed by atoms with Crippen molar-refractivity contribution >= 4 is 38.7 Å². The molecule has 2 aromatic heterocycles. The lowest BCUT2D eigenvalue weighted by atomic mass is 10.0. The van der Waals surface area contributed by atoms with Gasteiger partial charge in [0.25, 0.3) is 10.0 Å². The second kappa shape index (κ2) is 14.5. The Morgan fingerprint density at radius 3 is 2.50 bits per heavy atom. The number of esters is 1. The standard InChI is InChI=1S/C38H35F2N3O5S2/c1-5-47-36(44)16-11-26-7-6-8-27(21-26)25(3)43-34(17-19-41-43)31-22-28(12-15-32(31)39)48-37-33(40)23-35-30(38(37)49-4)18-20-42(35)50(45,46)29-13-9-24(2)10-14-29/h6-10,12-15,17-23,25H,5,11,16H2,1-4H3. The zero-order valence-electron chi connectivity index (χ0n) is 27.9. The molecule has 258 valence electrons. The number of halogens is 2. The van der Waals surface area contributed by atoms with Gasteiger partial charge in [-0.15, -0.1) is 11.8 Å². The van der Waals surface area contributed by atoms with E-state index in [4.69, 9.17) is 9.47 Å². The highest BCUT2D eigenvalue weighted by Crippen LogP contribution is 2.42. The van der Waals surface area contributed by atoms with Gasteiger partial charge in [0.2, 0.25) is 0 Å². The van der Waals surface area contributed by atoms with Crippen molar-refractivity contribution in [2.45, 2.75) is 49.4 Å². The molecular formula is C38H35F2N3O5S2. The number of aryl methyl sites for hydroxylation is 2. The van der Waals surface area contributed by atoms with Gasteiger partial charge in [0.1, 0.15) is 11.6 Å². The lowest BCUT2D eigenvalue weighted by Crippen LogP contribution is -2.12. The molecule has 50 heavy (non-hydrogen) atoms. The third-order valence-corrected chi connectivity index (χ3v) is 10.9. The number of carbonyl (C=O) groups excluding carboxylic acids is 1. The van der Waals surface area contributed by atoms with Gasteiger partial charge in [-0.2, -0.15) is 5.10 Å². The summed E-state index contributed by atoms with van der Waals surface area (Å²) in [6.45, 7) is 5.91. The fraction of sp³-hybridized carbons (Fsp3) is 0.211. The van der Waals surface area contributed by atoms with Gasteiger partial charge >= 0.3 is 5.97 Å². The average molecular weight is 716 g/mol. The molecule has 0 aliphatic heterocycles. The molecule has 6 aromatic rings. The van der Waals surface area contributed by atoms with Crippen LogP contribution < -0.4 is 4.74 Å². The number of hydrogen-bond acceptors (Lipinski definition) is 7. The van der Waals surface area contributed by atoms with Crippen molar-refractivity contribution in [2.24, 2.45) is 0 Å². The van der Waals surface area contributed by atoms with E-state index in [0.29, 0.717) is 29.0 Å². The summed E-state index contributed by atoms with van der Waals surface area (Å²) in [4.78, 5) is 12.4. The van der Waals surface area contributed by atoms with Crippen molar-refractivity contribution in [3.8, 4) is 22.8 Å². The second-order valence-electron chi connectivity index (χ2n) is 11.7. The summed E-state index contributed by atoms with van der Waals surface area (Å²) in [6.07, 6.45) is 5.51. The van der Waals surface area contributed by atoms with Crippen LogP contribution in [0.1, 0.15) is 43.0 Å². The average Bonchev–Trinajstić information content (AvgIpc) is 3.77. The molecule has 0 saturated carbocycles. The molecule has 6 rings (SSSR count). The lowest BCUT2D eigenvalue weighted by Gasteiger charge is -2.18. The fourth-order valence-corrected chi connectivity index (χ4v) is 7.91. The predicted octanol–water partition coefficient (Wildman–Crippen LogP) is 8.95. The van der Waals surface area contributed by atoms with Crippen LogP contribution in [0.15, 0.2) is 107 Å². The summed E-state index contributed by atoms with van der Waals surface area (Å²) in [6, 6.07) is 22.5. The van der Waals surface area contributed by atoms with Crippen molar-refractivity contribution in [3.05, 3.63) is 126 Å². The van der Waals surface area contributed by atoms with Crippen molar-refractivity contribution in [1.29, 1.82) is 0 Å². The third kappa shape index (κ3) is 6.90. The van der Waals surface area contributed by atoms with E-state index in [1.807, 2.05) is 38.1 Å². The summed E-state index contributed by atoms with van der Waals surface area (Å²) in [5.74, 6) is -1.47. The Labute approximate surface area is 293 Å². The molecule has 2 heterocycles. The lowest BCUT2D eigenvalue weighted by molar-refractivity contribution is -0.143. The number of thioether (sulfide) groups is 1. The number of aromatic nitrogens is 3. The minimum atomic E-state index is -4.00. The first-order valence-electron chi connectivity index (χ1n) is 16.0. The topological polar surface area (TPSA) is 92.4 Å². The van der Waals surface area contributed by atoms with E-state index in [9.17, 15) is 13.2 Å². The number of hydrogen-bond donors (Lipinski definition) is 0. The molecule has 0 aliphatic carbocycles. The van der Waals surface area contributed by atoms with Crippen LogP contribution in [-0.2, 0) is 26.0 Å². The Balaban J connectivity index is 1.31. The number of carbonyl (C=O) groups is 1. The van der Waals surface area contributed by atoms with E-state index in [-0.39, 0.29) is 45.9 Å². The van der Waals surface area contributed by atoms with E-state index in [1.165, 1.54) is 48.3 Å². The van der Waals surface area contributed by atoms with Crippen molar-refractivity contribution < 1.29 is 31.5 Å². The predicted molar refractivity (Wildman–Crippen MR) is 190 cm³/mol. The zero-order chi connectivity index (χ0) is 35.6. The maximum atomic E-state index is 15.9. The minimum Gasteiger partial charge on any atom is -0.466 e. The van der Waals surface area contributed by atoms with Crippen LogP contribution in [0.4, 0.5) is 8.78 Å². The largest absolute Gasteiger partial charge is 0.466 e. The highest BCUT2D eigenvalue weighted by molar-refractivity contribution is 7.99. The van der Waals surface area contributed by atoms with Gasteiger partial charge in [-0.1, -0.05) is 42.0 Å². The minimum absolute atomic E-state index is 0.0844. The molecule has 0 radical (unpaired) electrons. The molecule has 0 aliphatic rings. The summed E-state index contributed by atoms with van der Waals surface area (Å²) in [7, 11) is -4.00. The SMILES string of the molecule is CCOC(=O)CCc1cccc(C(C)n2nccc2-c2cc(Oc3c(F)cc4c(ccn4S(=O)(=O)c4ccc(C)cc4)c3SC)ccc2F)c1. The van der Waals surface area contributed by atoms with E-state index in [2.05, 4.69) is 5.10 Å². The number of rotatable bonds is 12. The molecule has 8 nitrogen and oxygen atoms in total. The summed E-state index contributed by atoms with van der Waals surface area (Å²) in [5.41, 5.74) is 3.65. The Morgan fingerprint density at radius 1 is 0.980 bits per heavy atom. The molecule has 12 heteroatoms. The Hall–Kier alpha value is -4.94. The van der Waals surface area contributed by atoms with Crippen LogP contribution in [0.2, 0.25) is 0 Å². The Morgan fingerprint density at radius 2 is 1.76 bits per heavy atom. The van der Waals surface area contributed by atoms with Gasteiger partial charge in [-0.05, 0) is 87.0 Å². The highest BCUT2D eigenvalue weighted by atomic mass is 32.2. The van der Waals surface area contributed by atoms with Gasteiger partial charge in [-0.25, -0.2) is 21.2 Å². The van der Waals surface area contributed by atoms with Gasteiger partial charge < -0.3 is 9.47 Å². The van der Waals surface area contributed by atoms with Gasteiger partial charge in [0.15, 0.2) is 11.6 Å². The van der Waals surface area contributed by atoms with E-state index >= 15 is 8.78 Å². The number of nitrogens with zero attached hydrogens (tertiary/aromatic N) is 3. The van der Waals surface area contributed by atoms with Gasteiger partial charge in [-0.3, -0.25) is 9.48 Å². The summed E-state index contributed by atoms with van der Waals surface area (Å²) < 4.78 is 72.2. The van der Waals surface area contributed by atoms with E-state index < -0.39 is 21.7 Å². The molecule has 4 aromatic carbocycles. The zero-order valence-corrected chi connectivity index (χ0v) is 29.5. The molecular weight excluding hydrogens is 681 g/mol. The number of fused-ring (bicyclic) bond motifs is 1. The van der Waals surface area contributed by atoms with Crippen LogP contribution in [0, 0.1) is 18.6 Å². The molecule has 0 amide bonds. The van der Waals surface area contributed by atoms with Crippen LogP contribution in [-0.4, -0.2) is 41.0 Å². The molecule has 0 spiro atoms. The van der Waals surface area contributed by atoms with Crippen molar-refractivity contribution in [2.75, 3.05) is 12.9 Å². The fourth-order valence-electron chi connectivity index (χ4n) is 5.85. The summed E-state index contributed by atoms with van der Waals surface area (Å²) >= 11 is 1.21. The van der Waals surface area contributed by atoms with Crippen molar-refractivity contribution in [1.82, 2.24) is 13.8 Å². The molecule has 1 atom stereocenters. The summed E-state index contributed by atoms with van der Waals surface area (Å²) in [5, 5.41) is 4.99. The van der Waals surface area contributed by atoms with Crippen LogP contribution in [0.25, 0.3) is 22.2 Å². The number of benzene rings is 4. The Kier molecular flexibility index (Phi) is 10.1. The van der Waals surface area contributed by atoms with Gasteiger partial charge in [0, 0.05) is 35.8 Å². The number of ether oxygens (including phenoxy) is 2. The first-order valence-corrected chi connectivity index (χ1v) is 18.6. The Bertz CT molecular complexity index is 2300. The van der Waals surface area contributed by atoms with Crippen LogP contribution in [0.5, 0.6) is 11.5 Å². The quantitative estimate of drug-likeness (QED) is 0.0923. The molecule has 0 bridgehead atoms. The maximum absolute atomic E-state index is 15.9. The molecule has 0 N–H and O–H groups in total. The second-order valence-corrected chi connectivity index (χ2v) is 14.3. The smallest absolute Gasteiger partial charge is 0.306 e. The first-order chi connectivity index (χ1) is 24.0. The van der Waals surface area contributed by atoms with Crippen LogP contribution >= 0.6 is 11.8 Å². The molecule has 0 fully saturated rings. The third-order valence-electron chi connectivity index (χ3n) is 8.43. The molecule has 0 saturated heterocycles. The van der Waals surface area contributed by atoms with Crippen molar-refractivity contribution in [3.63, 3.8) is 0 Å². The van der Waals surface area contributed by atoms with E-state index in [1.54, 1.807) is 48.3 Å². The monoisotopic (exact) mass is 715 g/mol. The van der Waals surface area contributed by atoms with Gasteiger partial charge in [0.05, 0.1) is 33.7 Å². The van der Waals surface area contributed by atoms with Crippen LogP contribution in [0.3, 0.4) is 0 Å². The van der Waals surface area contributed by atoms with E-state index in [0.717, 1.165) is 26.7 Å².